The van der Waals surface area contributed by atoms with Crippen molar-refractivity contribution in [2.45, 2.75) is 17.4 Å². The van der Waals surface area contributed by atoms with Crippen molar-refractivity contribution < 1.29 is 21.9 Å². The summed E-state index contributed by atoms with van der Waals surface area (Å²) in [4.78, 5) is 9.55. The molecule has 1 aromatic heterocycles. The van der Waals surface area contributed by atoms with Crippen LogP contribution in [0.25, 0.3) is 10.9 Å². The molecule has 3 atom stereocenters. The molecule has 142 valence electrons. The molecule has 2 aliphatic rings. The molecule has 2 heterocycles. The summed E-state index contributed by atoms with van der Waals surface area (Å²) in [5.41, 5.74) is -0.240. The van der Waals surface area contributed by atoms with E-state index in [0.29, 0.717) is 6.61 Å². The van der Waals surface area contributed by atoms with E-state index in [4.69, 9.17) is 4.74 Å². The van der Waals surface area contributed by atoms with Crippen molar-refractivity contribution in [2.75, 3.05) is 30.9 Å². The minimum Gasteiger partial charge on any atom is -0.379 e. The van der Waals surface area contributed by atoms with Gasteiger partial charge < -0.3 is 9.64 Å². The first-order chi connectivity index (χ1) is 12.7. The van der Waals surface area contributed by atoms with Crippen molar-refractivity contribution in [3.05, 3.63) is 21.9 Å². The third-order valence-corrected chi connectivity index (χ3v) is 6.36. The van der Waals surface area contributed by atoms with E-state index < -0.39 is 33.0 Å². The SMILES string of the molecule is CS(=O)(=O)c1nc(N2CCOC[C@H]3[C@H](F)[C@H]32)c2cc(C#N)c(Br)c(F)c2n1. The average Bonchev–Trinajstić information content (AvgIpc) is 3.31. The fourth-order valence-electron chi connectivity index (χ4n) is 3.32. The maximum atomic E-state index is 14.8. The molecular weight excluding hydrogens is 446 g/mol. The molecule has 1 aliphatic carbocycles. The van der Waals surface area contributed by atoms with Crippen LogP contribution in [0.3, 0.4) is 0 Å². The minimum absolute atomic E-state index is 0.00664. The van der Waals surface area contributed by atoms with Crippen molar-refractivity contribution in [3.63, 3.8) is 0 Å². The molecule has 0 radical (unpaired) electrons. The number of hydrogen-bond donors (Lipinski definition) is 0. The summed E-state index contributed by atoms with van der Waals surface area (Å²) in [6.07, 6.45) is -0.231. The quantitative estimate of drug-likeness (QED) is 0.634. The van der Waals surface area contributed by atoms with Crippen molar-refractivity contribution in [1.82, 2.24) is 9.97 Å². The van der Waals surface area contributed by atoms with Gasteiger partial charge in [0.05, 0.1) is 29.3 Å². The molecule has 7 nitrogen and oxygen atoms in total. The molecule has 0 amide bonds. The number of aromatic nitrogens is 2. The van der Waals surface area contributed by atoms with E-state index in [0.717, 1.165) is 6.26 Å². The second kappa shape index (κ2) is 6.32. The lowest BCUT2D eigenvalue weighted by molar-refractivity contribution is 0.131. The summed E-state index contributed by atoms with van der Waals surface area (Å²) in [7, 11) is -3.85. The van der Waals surface area contributed by atoms with Gasteiger partial charge in [-0.15, -0.1) is 0 Å². The standard InChI is InChI=1S/C16H13BrF2N4O3S/c1-27(24,25)16-21-13-8(4-7(5-20)10(17)12(13)19)15(22-16)23-2-3-26-6-9-11(18)14(9)23/h4,9,11,14H,2-3,6H2,1H3/t9-,11-,14-/m0/s1. The lowest BCUT2D eigenvalue weighted by Gasteiger charge is -2.24. The number of nitriles is 1. The number of halogens is 3. The number of hydrogen-bond acceptors (Lipinski definition) is 7. The Morgan fingerprint density at radius 1 is 1.44 bits per heavy atom. The van der Waals surface area contributed by atoms with Crippen LogP contribution in [-0.2, 0) is 14.6 Å². The second-order valence-corrected chi connectivity index (χ2v) is 9.23. The fraction of sp³-hybridized carbons (Fsp3) is 0.438. The summed E-state index contributed by atoms with van der Waals surface area (Å²) < 4.78 is 58.4. The molecule has 4 rings (SSSR count). The van der Waals surface area contributed by atoms with E-state index >= 15 is 0 Å². The average molecular weight is 459 g/mol. The molecule has 0 unspecified atom stereocenters. The van der Waals surface area contributed by atoms with Crippen LogP contribution in [0.2, 0.25) is 0 Å². The van der Waals surface area contributed by atoms with Gasteiger partial charge in [-0.05, 0) is 22.0 Å². The highest BCUT2D eigenvalue weighted by Gasteiger charge is 2.56. The smallest absolute Gasteiger partial charge is 0.249 e. The number of nitrogens with zero attached hydrogens (tertiary/aromatic N) is 4. The highest BCUT2D eigenvalue weighted by atomic mass is 79.9. The number of sulfone groups is 1. The normalized spacial score (nSPS) is 25.0. The molecule has 0 spiro atoms. The number of anilines is 1. The maximum absolute atomic E-state index is 14.8. The van der Waals surface area contributed by atoms with Crippen molar-refractivity contribution in [3.8, 4) is 6.07 Å². The first kappa shape index (κ1) is 18.5. The Labute approximate surface area is 162 Å². The van der Waals surface area contributed by atoms with Gasteiger partial charge in [-0.2, -0.15) is 5.26 Å². The molecule has 1 aromatic carbocycles. The maximum Gasteiger partial charge on any atom is 0.249 e. The zero-order valence-corrected chi connectivity index (χ0v) is 16.4. The van der Waals surface area contributed by atoms with Crippen LogP contribution in [0.4, 0.5) is 14.6 Å². The van der Waals surface area contributed by atoms with Gasteiger partial charge in [-0.1, -0.05) is 0 Å². The molecule has 0 bridgehead atoms. The van der Waals surface area contributed by atoms with E-state index in [1.165, 1.54) is 6.07 Å². The second-order valence-electron chi connectivity index (χ2n) is 6.53. The van der Waals surface area contributed by atoms with Crippen LogP contribution in [0.5, 0.6) is 0 Å². The van der Waals surface area contributed by atoms with Gasteiger partial charge in [0.2, 0.25) is 15.0 Å². The molecule has 1 aliphatic heterocycles. The summed E-state index contributed by atoms with van der Waals surface area (Å²) >= 11 is 3.00. The third kappa shape index (κ3) is 2.96. The van der Waals surface area contributed by atoms with Gasteiger partial charge >= 0.3 is 0 Å². The number of rotatable bonds is 2. The molecule has 1 saturated carbocycles. The minimum atomic E-state index is -3.85. The van der Waals surface area contributed by atoms with E-state index in [1.54, 1.807) is 4.90 Å². The predicted molar refractivity (Wildman–Crippen MR) is 95.4 cm³/mol. The Hall–Kier alpha value is -1.90. The van der Waals surface area contributed by atoms with Crippen LogP contribution < -0.4 is 4.90 Å². The Morgan fingerprint density at radius 3 is 2.85 bits per heavy atom. The monoisotopic (exact) mass is 458 g/mol. The Bertz CT molecular complexity index is 1110. The van der Waals surface area contributed by atoms with Crippen LogP contribution in [0, 0.1) is 23.1 Å². The van der Waals surface area contributed by atoms with E-state index in [9.17, 15) is 22.5 Å². The number of alkyl halides is 1. The van der Waals surface area contributed by atoms with E-state index in [2.05, 4.69) is 25.9 Å². The van der Waals surface area contributed by atoms with Gasteiger partial charge in [-0.25, -0.2) is 27.2 Å². The first-order valence-corrected chi connectivity index (χ1v) is 10.7. The molecule has 11 heteroatoms. The molecule has 27 heavy (non-hydrogen) atoms. The van der Waals surface area contributed by atoms with Crippen molar-refractivity contribution in [1.29, 1.82) is 5.26 Å². The molecule has 1 saturated heterocycles. The Morgan fingerprint density at radius 2 is 2.19 bits per heavy atom. The molecular formula is C16H13BrF2N4O3S. The summed E-state index contributed by atoms with van der Waals surface area (Å²) in [5.74, 6) is -1.13. The van der Waals surface area contributed by atoms with E-state index in [-0.39, 0.29) is 45.8 Å². The lowest BCUT2D eigenvalue weighted by Crippen LogP contribution is -2.32. The van der Waals surface area contributed by atoms with Crippen LogP contribution >= 0.6 is 15.9 Å². The first-order valence-electron chi connectivity index (χ1n) is 8.02. The third-order valence-electron chi connectivity index (χ3n) is 4.73. The van der Waals surface area contributed by atoms with Gasteiger partial charge in [-0.3, -0.25) is 0 Å². The summed E-state index contributed by atoms with van der Waals surface area (Å²) in [5, 5.41) is 8.85. The number of fused-ring (bicyclic) bond motifs is 2. The molecule has 2 fully saturated rings. The fourth-order valence-corrected chi connectivity index (χ4v) is 4.22. The molecule has 2 aromatic rings. The van der Waals surface area contributed by atoms with Crippen LogP contribution in [0.15, 0.2) is 15.7 Å². The van der Waals surface area contributed by atoms with Gasteiger partial charge in [0.1, 0.15) is 23.6 Å². The predicted octanol–water partition coefficient (Wildman–Crippen LogP) is 1.98. The lowest BCUT2D eigenvalue weighted by atomic mass is 10.1. The zero-order chi connectivity index (χ0) is 19.5. The zero-order valence-electron chi connectivity index (χ0n) is 14.0. The van der Waals surface area contributed by atoms with E-state index in [1.807, 2.05) is 6.07 Å². The van der Waals surface area contributed by atoms with Crippen molar-refractivity contribution >= 4 is 42.5 Å². The summed E-state index contributed by atoms with van der Waals surface area (Å²) in [6, 6.07) is 2.71. The topological polar surface area (TPSA) is 96.2 Å². The van der Waals surface area contributed by atoms with Crippen LogP contribution in [-0.4, -0.2) is 56.6 Å². The summed E-state index contributed by atoms with van der Waals surface area (Å²) in [6.45, 7) is 0.813. The number of ether oxygens (including phenoxy) is 1. The van der Waals surface area contributed by atoms with Gasteiger partial charge in [0.15, 0.2) is 5.82 Å². The highest BCUT2D eigenvalue weighted by Crippen LogP contribution is 2.44. The van der Waals surface area contributed by atoms with Gasteiger partial charge in [0, 0.05) is 24.1 Å². The van der Waals surface area contributed by atoms with Crippen molar-refractivity contribution in [2.24, 2.45) is 5.92 Å². The highest BCUT2D eigenvalue weighted by molar-refractivity contribution is 9.10. The Balaban J connectivity index is 2.03. The van der Waals surface area contributed by atoms with Crippen LogP contribution in [0.1, 0.15) is 5.56 Å². The Kier molecular flexibility index (Phi) is 4.32. The van der Waals surface area contributed by atoms with Gasteiger partial charge in [0.25, 0.3) is 0 Å². The largest absolute Gasteiger partial charge is 0.379 e. The number of benzene rings is 1. The molecule has 0 N–H and O–H groups in total.